The van der Waals surface area contributed by atoms with Crippen LogP contribution in [0.4, 0.5) is 0 Å². The van der Waals surface area contributed by atoms with Crippen LogP contribution in [0.1, 0.15) is 30.9 Å². The second-order valence-electron chi connectivity index (χ2n) is 4.27. The van der Waals surface area contributed by atoms with E-state index in [1.165, 1.54) is 0 Å². The van der Waals surface area contributed by atoms with Gasteiger partial charge in [-0.2, -0.15) is 0 Å². The molecule has 2 unspecified atom stereocenters. The summed E-state index contributed by atoms with van der Waals surface area (Å²) in [5, 5.41) is 8.94. The molecule has 4 heteroatoms. The van der Waals surface area contributed by atoms with Crippen LogP contribution in [-0.2, 0) is 4.74 Å². The van der Waals surface area contributed by atoms with E-state index in [-0.39, 0.29) is 18.9 Å². The molecule has 0 amide bonds. The largest absolute Gasteiger partial charge is 0.465 e. The molecule has 1 aromatic carbocycles. The number of ether oxygens (including phenoxy) is 2. The minimum absolute atomic E-state index is 0.0497. The molecule has 0 bridgehead atoms. The number of nitrogens with two attached hydrogens (primary N) is 1. The Bertz CT molecular complexity index is 333. The van der Waals surface area contributed by atoms with Crippen LogP contribution in [0.2, 0.25) is 0 Å². The van der Waals surface area contributed by atoms with E-state index < -0.39 is 0 Å². The molecule has 94 valence electrons. The summed E-state index contributed by atoms with van der Waals surface area (Å²) in [6.07, 6.45) is 3.08. The second kappa shape index (κ2) is 6.00. The molecule has 4 nitrogen and oxygen atoms in total. The van der Waals surface area contributed by atoms with Crippen molar-refractivity contribution >= 4 is 0 Å². The molecule has 0 saturated carbocycles. The summed E-state index contributed by atoms with van der Waals surface area (Å²) in [6.45, 7) is 0.726. The number of rotatable bonds is 4. The lowest BCUT2D eigenvalue weighted by Gasteiger charge is -2.23. The maximum atomic E-state index is 8.94. The van der Waals surface area contributed by atoms with E-state index in [0.29, 0.717) is 0 Å². The van der Waals surface area contributed by atoms with Gasteiger partial charge in [-0.3, -0.25) is 0 Å². The first-order valence-electron chi connectivity index (χ1n) is 6.04. The maximum absolute atomic E-state index is 8.94. The number of aliphatic hydroxyl groups excluding tert-OH is 1. The Labute approximate surface area is 101 Å². The van der Waals surface area contributed by atoms with Gasteiger partial charge in [0.15, 0.2) is 6.29 Å². The maximum Gasteiger partial charge on any atom is 0.199 e. The van der Waals surface area contributed by atoms with Gasteiger partial charge in [-0.1, -0.05) is 12.1 Å². The highest BCUT2D eigenvalue weighted by Crippen LogP contribution is 2.21. The Kier molecular flexibility index (Phi) is 4.36. The average molecular weight is 237 g/mol. The van der Waals surface area contributed by atoms with Crippen LogP contribution in [0, 0.1) is 0 Å². The number of hydrogen-bond donors (Lipinski definition) is 2. The van der Waals surface area contributed by atoms with Gasteiger partial charge < -0.3 is 20.3 Å². The molecular formula is C13H19NO3. The molecule has 2 rings (SSSR count). The van der Waals surface area contributed by atoms with E-state index in [0.717, 1.165) is 37.2 Å². The Balaban J connectivity index is 1.93. The summed E-state index contributed by atoms with van der Waals surface area (Å²) < 4.78 is 11.2. The molecule has 1 aromatic rings. The third-order valence-corrected chi connectivity index (χ3v) is 2.91. The zero-order chi connectivity index (χ0) is 12.1. The molecule has 1 aliphatic rings. The minimum atomic E-state index is -0.324. The highest BCUT2D eigenvalue weighted by molar-refractivity contribution is 5.29. The van der Waals surface area contributed by atoms with Crippen molar-refractivity contribution in [2.75, 3.05) is 13.2 Å². The average Bonchev–Trinajstić information content (AvgIpc) is 2.40. The fraction of sp³-hybridized carbons (Fsp3) is 0.538. The first-order chi connectivity index (χ1) is 8.29. The van der Waals surface area contributed by atoms with Crippen molar-refractivity contribution in [3.8, 4) is 5.75 Å². The summed E-state index contributed by atoms with van der Waals surface area (Å²) in [4.78, 5) is 0. The van der Waals surface area contributed by atoms with Gasteiger partial charge in [-0.25, -0.2) is 0 Å². The standard InChI is InChI=1S/C13H19NO3/c14-12(9-15)10-4-6-11(7-5-10)17-13-3-1-2-8-16-13/h4-7,12-13,15H,1-3,8-9,14H2. The lowest BCUT2D eigenvalue weighted by Crippen LogP contribution is -2.25. The Morgan fingerprint density at radius 2 is 2.12 bits per heavy atom. The van der Waals surface area contributed by atoms with Crippen molar-refractivity contribution in [3.63, 3.8) is 0 Å². The molecule has 1 heterocycles. The summed E-state index contributed by atoms with van der Waals surface area (Å²) >= 11 is 0. The van der Waals surface area contributed by atoms with Crippen molar-refractivity contribution in [1.82, 2.24) is 0 Å². The molecule has 3 N–H and O–H groups in total. The molecule has 0 radical (unpaired) electrons. The molecule has 2 atom stereocenters. The van der Waals surface area contributed by atoms with Crippen molar-refractivity contribution in [2.24, 2.45) is 5.73 Å². The van der Waals surface area contributed by atoms with Gasteiger partial charge >= 0.3 is 0 Å². The van der Waals surface area contributed by atoms with Gasteiger partial charge in [0, 0.05) is 6.42 Å². The predicted octanol–water partition coefficient (Wildman–Crippen LogP) is 1.58. The summed E-state index contributed by atoms with van der Waals surface area (Å²) in [5.74, 6) is 0.783. The van der Waals surface area contributed by atoms with Crippen LogP contribution in [0.5, 0.6) is 5.75 Å². The third-order valence-electron chi connectivity index (χ3n) is 2.91. The van der Waals surface area contributed by atoms with Crippen LogP contribution in [-0.4, -0.2) is 24.6 Å². The summed E-state index contributed by atoms with van der Waals surface area (Å²) in [7, 11) is 0. The van der Waals surface area contributed by atoms with E-state index in [9.17, 15) is 0 Å². The van der Waals surface area contributed by atoms with Crippen LogP contribution in [0.15, 0.2) is 24.3 Å². The lowest BCUT2D eigenvalue weighted by atomic mass is 10.1. The fourth-order valence-corrected chi connectivity index (χ4v) is 1.85. The molecule has 1 aliphatic heterocycles. The van der Waals surface area contributed by atoms with Crippen molar-refractivity contribution < 1.29 is 14.6 Å². The van der Waals surface area contributed by atoms with Gasteiger partial charge in [-0.15, -0.1) is 0 Å². The van der Waals surface area contributed by atoms with Crippen LogP contribution in [0.3, 0.4) is 0 Å². The van der Waals surface area contributed by atoms with Gasteiger partial charge in [-0.05, 0) is 30.5 Å². The fourth-order valence-electron chi connectivity index (χ4n) is 1.85. The van der Waals surface area contributed by atoms with E-state index >= 15 is 0 Å². The molecule has 0 spiro atoms. The van der Waals surface area contributed by atoms with Gasteiger partial charge in [0.1, 0.15) is 5.75 Å². The molecular weight excluding hydrogens is 218 g/mol. The molecule has 1 saturated heterocycles. The highest BCUT2D eigenvalue weighted by atomic mass is 16.7. The Morgan fingerprint density at radius 1 is 1.35 bits per heavy atom. The van der Waals surface area contributed by atoms with E-state index in [1.54, 1.807) is 0 Å². The predicted molar refractivity (Wildman–Crippen MR) is 64.7 cm³/mol. The third kappa shape index (κ3) is 3.43. The minimum Gasteiger partial charge on any atom is -0.465 e. The monoisotopic (exact) mass is 237 g/mol. The number of benzene rings is 1. The number of hydrogen-bond acceptors (Lipinski definition) is 4. The molecule has 1 fully saturated rings. The number of aliphatic hydroxyl groups is 1. The summed E-state index contributed by atoms with van der Waals surface area (Å²) in [6, 6.07) is 7.15. The van der Waals surface area contributed by atoms with Gasteiger partial charge in [0.2, 0.25) is 0 Å². The SMILES string of the molecule is NC(CO)c1ccc(OC2CCCCO2)cc1. The van der Waals surface area contributed by atoms with Crippen molar-refractivity contribution in [1.29, 1.82) is 0 Å². The van der Waals surface area contributed by atoms with Crippen molar-refractivity contribution in [3.05, 3.63) is 29.8 Å². The topological polar surface area (TPSA) is 64.7 Å². The van der Waals surface area contributed by atoms with Gasteiger partial charge in [0.25, 0.3) is 0 Å². The molecule has 17 heavy (non-hydrogen) atoms. The van der Waals surface area contributed by atoms with Crippen LogP contribution >= 0.6 is 0 Å². The van der Waals surface area contributed by atoms with E-state index in [2.05, 4.69) is 0 Å². The van der Waals surface area contributed by atoms with Crippen molar-refractivity contribution in [2.45, 2.75) is 31.6 Å². The first-order valence-corrected chi connectivity index (χ1v) is 6.04. The smallest absolute Gasteiger partial charge is 0.199 e. The lowest BCUT2D eigenvalue weighted by molar-refractivity contribution is -0.105. The quantitative estimate of drug-likeness (QED) is 0.834. The summed E-state index contributed by atoms with van der Waals surface area (Å²) in [5.41, 5.74) is 6.62. The highest BCUT2D eigenvalue weighted by Gasteiger charge is 2.15. The van der Waals surface area contributed by atoms with Crippen LogP contribution in [0.25, 0.3) is 0 Å². The van der Waals surface area contributed by atoms with E-state index in [1.807, 2.05) is 24.3 Å². The second-order valence-corrected chi connectivity index (χ2v) is 4.27. The normalized spacial score (nSPS) is 22.1. The zero-order valence-corrected chi connectivity index (χ0v) is 9.84. The van der Waals surface area contributed by atoms with Gasteiger partial charge in [0.05, 0.1) is 19.3 Å². The molecule has 0 aliphatic carbocycles. The first kappa shape index (κ1) is 12.4. The van der Waals surface area contributed by atoms with Crippen LogP contribution < -0.4 is 10.5 Å². The zero-order valence-electron chi connectivity index (χ0n) is 9.84. The van der Waals surface area contributed by atoms with E-state index in [4.69, 9.17) is 20.3 Å². The Hall–Kier alpha value is -1.10. The Morgan fingerprint density at radius 3 is 2.71 bits per heavy atom. The molecule has 0 aromatic heterocycles.